The van der Waals surface area contributed by atoms with Crippen LogP contribution in [0.2, 0.25) is 0 Å². The maximum atomic E-state index is 10.2. The van der Waals surface area contributed by atoms with E-state index in [-0.39, 0.29) is 11.5 Å². The molecule has 0 aromatic heterocycles. The van der Waals surface area contributed by atoms with E-state index in [0.717, 1.165) is 35.5 Å². The first-order valence-corrected chi connectivity index (χ1v) is 8.42. The number of rotatable bonds is 7. The molecule has 130 valence electrons. The minimum Gasteiger partial charge on any atom is -0.493 e. The van der Waals surface area contributed by atoms with E-state index in [4.69, 9.17) is 9.47 Å². The van der Waals surface area contributed by atoms with E-state index in [9.17, 15) is 5.11 Å². The summed E-state index contributed by atoms with van der Waals surface area (Å²) >= 11 is 0. The highest BCUT2D eigenvalue weighted by Gasteiger charge is 2.21. The van der Waals surface area contributed by atoms with Crippen molar-refractivity contribution in [3.8, 4) is 11.5 Å². The van der Waals surface area contributed by atoms with E-state index in [1.807, 2.05) is 48.5 Å². The third-order valence-corrected chi connectivity index (χ3v) is 4.17. The summed E-state index contributed by atoms with van der Waals surface area (Å²) in [6, 6.07) is 16.0. The monoisotopic (exact) mass is 328 g/mol. The standard InChI is InChI=1S/C21H28O3/c1-21(2,3)20(22)13-11-16-10-12-18(23-4)19(14-16)24-15-17-8-6-5-7-9-17/h5-10,12,14,20,22H,11,13,15H2,1-4H3. The van der Waals surface area contributed by atoms with Gasteiger partial charge in [0.2, 0.25) is 0 Å². The third kappa shape index (κ3) is 5.27. The van der Waals surface area contributed by atoms with Crippen LogP contribution in [0.4, 0.5) is 0 Å². The lowest BCUT2D eigenvalue weighted by Gasteiger charge is -2.25. The minimum atomic E-state index is -0.326. The molecule has 0 aliphatic rings. The van der Waals surface area contributed by atoms with Crippen molar-refractivity contribution in [3.63, 3.8) is 0 Å². The molecular weight excluding hydrogens is 300 g/mol. The van der Waals surface area contributed by atoms with Crippen LogP contribution in [0.3, 0.4) is 0 Å². The van der Waals surface area contributed by atoms with Gasteiger partial charge in [-0.15, -0.1) is 0 Å². The maximum Gasteiger partial charge on any atom is 0.161 e. The van der Waals surface area contributed by atoms with Crippen LogP contribution in [0.15, 0.2) is 48.5 Å². The summed E-state index contributed by atoms with van der Waals surface area (Å²) in [6.07, 6.45) is 1.21. The largest absolute Gasteiger partial charge is 0.493 e. The Morgan fingerprint density at radius 2 is 1.67 bits per heavy atom. The summed E-state index contributed by atoms with van der Waals surface area (Å²) in [5, 5.41) is 10.2. The van der Waals surface area contributed by atoms with Gasteiger partial charge in [-0.25, -0.2) is 0 Å². The Hall–Kier alpha value is -2.00. The number of benzene rings is 2. The van der Waals surface area contributed by atoms with Gasteiger partial charge < -0.3 is 14.6 Å². The van der Waals surface area contributed by atoms with E-state index in [1.54, 1.807) is 7.11 Å². The lowest BCUT2D eigenvalue weighted by atomic mass is 9.86. The van der Waals surface area contributed by atoms with Crippen molar-refractivity contribution in [2.75, 3.05) is 7.11 Å². The molecule has 1 N–H and O–H groups in total. The molecule has 0 saturated carbocycles. The van der Waals surface area contributed by atoms with Crippen LogP contribution in [-0.4, -0.2) is 18.3 Å². The normalized spacial score (nSPS) is 12.7. The van der Waals surface area contributed by atoms with Crippen LogP contribution < -0.4 is 9.47 Å². The first-order valence-electron chi connectivity index (χ1n) is 8.42. The first kappa shape index (κ1) is 18.3. The molecule has 2 rings (SSSR count). The summed E-state index contributed by atoms with van der Waals surface area (Å²) in [5.41, 5.74) is 2.16. The van der Waals surface area contributed by atoms with Gasteiger partial charge in [0.05, 0.1) is 13.2 Å². The van der Waals surface area contributed by atoms with E-state index in [2.05, 4.69) is 20.8 Å². The number of ether oxygens (including phenoxy) is 2. The van der Waals surface area contributed by atoms with Crippen molar-refractivity contribution in [2.45, 2.75) is 46.3 Å². The van der Waals surface area contributed by atoms with Crippen LogP contribution in [0, 0.1) is 5.41 Å². The second kappa shape index (κ2) is 8.20. The molecule has 0 radical (unpaired) electrons. The average Bonchev–Trinajstić information content (AvgIpc) is 2.58. The van der Waals surface area contributed by atoms with Crippen molar-refractivity contribution in [3.05, 3.63) is 59.7 Å². The zero-order chi connectivity index (χ0) is 17.6. The van der Waals surface area contributed by atoms with Gasteiger partial charge in [-0.2, -0.15) is 0 Å². The summed E-state index contributed by atoms with van der Waals surface area (Å²) < 4.78 is 11.3. The second-order valence-corrected chi connectivity index (χ2v) is 7.18. The van der Waals surface area contributed by atoms with E-state index in [0.29, 0.717) is 6.61 Å². The molecule has 2 aromatic carbocycles. The van der Waals surface area contributed by atoms with Gasteiger partial charge in [0.25, 0.3) is 0 Å². The molecule has 0 bridgehead atoms. The third-order valence-electron chi connectivity index (χ3n) is 4.17. The average molecular weight is 328 g/mol. The summed E-state index contributed by atoms with van der Waals surface area (Å²) in [5.74, 6) is 1.47. The summed E-state index contributed by atoms with van der Waals surface area (Å²) in [7, 11) is 1.65. The quantitative estimate of drug-likeness (QED) is 0.806. The number of aryl methyl sites for hydroxylation is 1. The second-order valence-electron chi connectivity index (χ2n) is 7.18. The molecule has 0 amide bonds. The summed E-state index contributed by atoms with van der Waals surface area (Å²) in [4.78, 5) is 0. The van der Waals surface area contributed by atoms with Crippen LogP contribution >= 0.6 is 0 Å². The lowest BCUT2D eigenvalue weighted by molar-refractivity contribution is 0.0560. The van der Waals surface area contributed by atoms with Gasteiger partial charge in [0, 0.05) is 0 Å². The smallest absolute Gasteiger partial charge is 0.161 e. The van der Waals surface area contributed by atoms with Gasteiger partial charge in [0.15, 0.2) is 11.5 Å². The Bertz CT molecular complexity index is 629. The molecule has 1 unspecified atom stereocenters. The van der Waals surface area contributed by atoms with E-state index in [1.165, 1.54) is 0 Å². The zero-order valence-electron chi connectivity index (χ0n) is 15.1. The first-order chi connectivity index (χ1) is 11.4. The molecule has 3 heteroatoms. The van der Waals surface area contributed by atoms with Gasteiger partial charge in [0.1, 0.15) is 6.61 Å². The topological polar surface area (TPSA) is 38.7 Å². The Kier molecular flexibility index (Phi) is 6.27. The Labute approximate surface area is 145 Å². The highest BCUT2D eigenvalue weighted by Crippen LogP contribution is 2.30. The fourth-order valence-electron chi connectivity index (χ4n) is 2.46. The highest BCUT2D eigenvalue weighted by molar-refractivity contribution is 5.43. The van der Waals surface area contributed by atoms with Crippen LogP contribution in [0.5, 0.6) is 11.5 Å². The molecular formula is C21H28O3. The van der Waals surface area contributed by atoms with Crippen molar-refractivity contribution in [1.82, 2.24) is 0 Å². The molecule has 0 aliphatic heterocycles. The SMILES string of the molecule is COc1ccc(CCC(O)C(C)(C)C)cc1OCc1ccccc1. The molecule has 0 fully saturated rings. The van der Waals surface area contributed by atoms with E-state index < -0.39 is 0 Å². The molecule has 0 aliphatic carbocycles. The number of hydrogen-bond donors (Lipinski definition) is 1. The van der Waals surface area contributed by atoms with Crippen LogP contribution in [-0.2, 0) is 13.0 Å². The molecule has 3 nitrogen and oxygen atoms in total. The number of aliphatic hydroxyl groups excluding tert-OH is 1. The van der Waals surface area contributed by atoms with Crippen LogP contribution in [0.1, 0.15) is 38.3 Å². The summed E-state index contributed by atoms with van der Waals surface area (Å²) in [6.45, 7) is 6.67. The van der Waals surface area contributed by atoms with Crippen molar-refractivity contribution < 1.29 is 14.6 Å². The zero-order valence-corrected chi connectivity index (χ0v) is 15.1. The van der Waals surface area contributed by atoms with Crippen molar-refractivity contribution in [2.24, 2.45) is 5.41 Å². The Morgan fingerprint density at radius 3 is 2.29 bits per heavy atom. The van der Waals surface area contributed by atoms with Gasteiger partial charge in [-0.1, -0.05) is 57.2 Å². The van der Waals surface area contributed by atoms with Gasteiger partial charge in [-0.05, 0) is 41.5 Å². The fraction of sp³-hybridized carbons (Fsp3) is 0.429. The number of aliphatic hydroxyl groups is 1. The van der Waals surface area contributed by atoms with Crippen molar-refractivity contribution >= 4 is 0 Å². The van der Waals surface area contributed by atoms with Crippen LogP contribution in [0.25, 0.3) is 0 Å². The maximum absolute atomic E-state index is 10.2. The molecule has 0 spiro atoms. The predicted molar refractivity (Wildman–Crippen MR) is 97.6 cm³/mol. The molecule has 0 saturated heterocycles. The van der Waals surface area contributed by atoms with E-state index >= 15 is 0 Å². The number of hydrogen-bond acceptors (Lipinski definition) is 3. The highest BCUT2D eigenvalue weighted by atomic mass is 16.5. The molecule has 24 heavy (non-hydrogen) atoms. The molecule has 2 aromatic rings. The minimum absolute atomic E-state index is 0.0981. The number of methoxy groups -OCH3 is 1. The van der Waals surface area contributed by atoms with Crippen molar-refractivity contribution in [1.29, 1.82) is 0 Å². The molecule has 1 atom stereocenters. The van der Waals surface area contributed by atoms with Gasteiger partial charge >= 0.3 is 0 Å². The predicted octanol–water partition coefficient (Wildman–Crippen LogP) is 4.61. The van der Waals surface area contributed by atoms with Gasteiger partial charge in [-0.3, -0.25) is 0 Å². The fourth-order valence-corrected chi connectivity index (χ4v) is 2.46. The Morgan fingerprint density at radius 1 is 0.958 bits per heavy atom. The molecule has 0 heterocycles. The lowest BCUT2D eigenvalue weighted by Crippen LogP contribution is -2.26. The Balaban J connectivity index is 2.04.